The van der Waals surface area contributed by atoms with Crippen LogP contribution >= 0.6 is 21.6 Å². The van der Waals surface area contributed by atoms with Gasteiger partial charge in [0.2, 0.25) is 0 Å². The van der Waals surface area contributed by atoms with Gasteiger partial charge in [0.1, 0.15) is 0 Å². The summed E-state index contributed by atoms with van der Waals surface area (Å²) in [6.07, 6.45) is 7.86. The van der Waals surface area contributed by atoms with E-state index in [2.05, 4.69) is 26.5 Å². The molecule has 0 nitrogen and oxygen atoms in total. The Hall–Kier alpha value is 0.180. The first-order chi connectivity index (χ1) is 6.31. The van der Waals surface area contributed by atoms with Crippen molar-refractivity contribution in [1.29, 1.82) is 0 Å². The van der Waals surface area contributed by atoms with Gasteiger partial charge in [0, 0.05) is 11.5 Å². The van der Waals surface area contributed by atoms with Crippen molar-refractivity contribution in [2.45, 2.75) is 33.1 Å². The second-order valence-electron chi connectivity index (χ2n) is 2.91. The highest BCUT2D eigenvalue weighted by atomic mass is 33.1. The van der Waals surface area contributed by atoms with Crippen molar-refractivity contribution in [3.05, 3.63) is 24.3 Å². The zero-order chi connectivity index (χ0) is 9.94. The maximum atomic E-state index is 3.70. The Morgan fingerprint density at radius 3 is 2.38 bits per heavy atom. The summed E-state index contributed by atoms with van der Waals surface area (Å²) < 4.78 is 0. The molecule has 76 valence electrons. The summed E-state index contributed by atoms with van der Waals surface area (Å²) in [5.74, 6) is 2.43. The molecule has 0 aromatic rings. The molecule has 13 heavy (non-hydrogen) atoms. The van der Waals surface area contributed by atoms with E-state index in [1.165, 1.54) is 29.9 Å². The molecule has 0 amide bonds. The molecular formula is C11H20S2. The van der Waals surface area contributed by atoms with E-state index in [-0.39, 0.29) is 0 Å². The van der Waals surface area contributed by atoms with Crippen LogP contribution in [0.3, 0.4) is 0 Å². The Morgan fingerprint density at radius 2 is 1.85 bits per heavy atom. The van der Waals surface area contributed by atoms with E-state index < -0.39 is 0 Å². The molecule has 0 bridgehead atoms. The molecule has 0 saturated carbocycles. The average Bonchev–Trinajstić information content (AvgIpc) is 2.16. The summed E-state index contributed by atoms with van der Waals surface area (Å²) in [6, 6.07) is 0. The molecule has 0 spiro atoms. The minimum Gasteiger partial charge on any atom is -0.103 e. The van der Waals surface area contributed by atoms with Gasteiger partial charge in [-0.25, -0.2) is 0 Å². The molecule has 0 aliphatic carbocycles. The molecule has 0 radical (unpaired) electrons. The van der Waals surface area contributed by atoms with Crippen molar-refractivity contribution in [2.75, 3.05) is 11.5 Å². The first kappa shape index (κ1) is 13.2. The topological polar surface area (TPSA) is 0 Å². The van der Waals surface area contributed by atoms with Crippen LogP contribution in [0.15, 0.2) is 24.3 Å². The molecule has 2 heteroatoms. The molecule has 0 aliphatic heterocycles. The molecule has 0 aromatic heterocycles. The lowest BCUT2D eigenvalue weighted by molar-refractivity contribution is 1.06. The second-order valence-corrected chi connectivity index (χ2v) is 5.62. The largest absolute Gasteiger partial charge is 0.103 e. The van der Waals surface area contributed by atoms with Crippen molar-refractivity contribution in [1.82, 2.24) is 0 Å². The van der Waals surface area contributed by atoms with Gasteiger partial charge in [-0.1, -0.05) is 46.2 Å². The molecule has 0 rings (SSSR count). The first-order valence-corrected chi connectivity index (χ1v) is 7.31. The maximum Gasteiger partial charge on any atom is 0.00716 e. The minimum absolute atomic E-state index is 1.13. The number of hydrogen-bond donors (Lipinski definition) is 0. The number of rotatable bonds is 8. The Bertz CT molecular complexity index is 150. The van der Waals surface area contributed by atoms with Crippen molar-refractivity contribution >= 4 is 21.6 Å². The lowest BCUT2D eigenvalue weighted by Gasteiger charge is -1.97. The quantitative estimate of drug-likeness (QED) is 0.328. The Balaban J connectivity index is 3.12. The smallest absolute Gasteiger partial charge is 0.00716 e. The predicted molar refractivity (Wildman–Crippen MR) is 68.4 cm³/mol. The monoisotopic (exact) mass is 216 g/mol. The van der Waals surface area contributed by atoms with Crippen molar-refractivity contribution < 1.29 is 0 Å². The highest BCUT2D eigenvalue weighted by Gasteiger charge is 1.88. The van der Waals surface area contributed by atoms with Gasteiger partial charge in [-0.05, 0) is 26.2 Å². The molecule has 0 N–H and O–H groups in total. The van der Waals surface area contributed by atoms with E-state index in [1.807, 2.05) is 27.7 Å². The van der Waals surface area contributed by atoms with Gasteiger partial charge in [0.25, 0.3) is 0 Å². The fourth-order valence-corrected chi connectivity index (χ4v) is 2.74. The SMILES string of the molecule is C=CCCSSCC/C=C(/C)CC. The normalized spacial score (nSPS) is 11.7. The number of hydrogen-bond acceptors (Lipinski definition) is 2. The van der Waals surface area contributed by atoms with Crippen LogP contribution in [0.4, 0.5) is 0 Å². The van der Waals surface area contributed by atoms with Crippen LogP contribution in [0.25, 0.3) is 0 Å². The Labute approximate surface area is 90.7 Å². The van der Waals surface area contributed by atoms with Crippen LogP contribution in [0.5, 0.6) is 0 Å². The zero-order valence-electron chi connectivity index (χ0n) is 8.71. The molecule has 0 aliphatic rings. The summed E-state index contributed by atoms with van der Waals surface area (Å²) in [4.78, 5) is 0. The molecule has 0 atom stereocenters. The first-order valence-electron chi connectivity index (χ1n) is 4.82. The van der Waals surface area contributed by atoms with E-state index in [0.29, 0.717) is 0 Å². The van der Waals surface area contributed by atoms with Crippen LogP contribution in [0.2, 0.25) is 0 Å². The van der Waals surface area contributed by atoms with Crippen LogP contribution in [0, 0.1) is 0 Å². The van der Waals surface area contributed by atoms with Gasteiger partial charge in [-0.15, -0.1) is 6.58 Å². The highest BCUT2D eigenvalue weighted by Crippen LogP contribution is 2.23. The third kappa shape index (κ3) is 10.1. The highest BCUT2D eigenvalue weighted by molar-refractivity contribution is 8.76. The second kappa shape index (κ2) is 10.3. The van der Waals surface area contributed by atoms with Gasteiger partial charge in [-0.3, -0.25) is 0 Å². The van der Waals surface area contributed by atoms with Gasteiger partial charge < -0.3 is 0 Å². The molecule has 0 heterocycles. The van der Waals surface area contributed by atoms with Gasteiger partial charge in [0.05, 0.1) is 0 Å². The molecule has 0 aromatic carbocycles. The van der Waals surface area contributed by atoms with Gasteiger partial charge >= 0.3 is 0 Å². The third-order valence-electron chi connectivity index (χ3n) is 1.74. The van der Waals surface area contributed by atoms with Gasteiger partial charge in [-0.2, -0.15) is 0 Å². The average molecular weight is 216 g/mol. The van der Waals surface area contributed by atoms with E-state index in [1.54, 1.807) is 0 Å². The van der Waals surface area contributed by atoms with Crippen molar-refractivity contribution in [3.8, 4) is 0 Å². The van der Waals surface area contributed by atoms with Gasteiger partial charge in [0.15, 0.2) is 0 Å². The van der Waals surface area contributed by atoms with E-state index in [4.69, 9.17) is 0 Å². The lowest BCUT2D eigenvalue weighted by atomic mass is 10.2. The molecule has 0 fully saturated rings. The summed E-state index contributed by atoms with van der Waals surface area (Å²) >= 11 is 0. The summed E-state index contributed by atoms with van der Waals surface area (Å²) in [5.41, 5.74) is 1.51. The molecular weight excluding hydrogens is 196 g/mol. The molecule has 0 unspecified atom stereocenters. The lowest BCUT2D eigenvalue weighted by Crippen LogP contribution is -1.77. The van der Waals surface area contributed by atoms with Crippen molar-refractivity contribution in [2.24, 2.45) is 0 Å². The Morgan fingerprint density at radius 1 is 1.23 bits per heavy atom. The third-order valence-corrected chi connectivity index (χ3v) is 4.21. The van der Waals surface area contributed by atoms with Crippen LogP contribution < -0.4 is 0 Å². The molecule has 0 saturated heterocycles. The Kier molecular flexibility index (Phi) is 10.4. The van der Waals surface area contributed by atoms with E-state index >= 15 is 0 Å². The summed E-state index contributed by atoms with van der Waals surface area (Å²) in [6.45, 7) is 8.11. The van der Waals surface area contributed by atoms with E-state index in [9.17, 15) is 0 Å². The van der Waals surface area contributed by atoms with E-state index in [0.717, 1.165) is 6.42 Å². The predicted octanol–water partition coefficient (Wildman–Crippen LogP) is 4.69. The van der Waals surface area contributed by atoms with Crippen LogP contribution in [0.1, 0.15) is 33.1 Å². The maximum absolute atomic E-state index is 3.70. The fourth-order valence-electron chi connectivity index (χ4n) is 0.747. The zero-order valence-corrected chi connectivity index (χ0v) is 10.3. The number of allylic oxidation sites excluding steroid dienone is 3. The van der Waals surface area contributed by atoms with Crippen molar-refractivity contribution in [3.63, 3.8) is 0 Å². The fraction of sp³-hybridized carbons (Fsp3) is 0.636. The van der Waals surface area contributed by atoms with Crippen LogP contribution in [-0.4, -0.2) is 11.5 Å². The summed E-state index contributed by atoms with van der Waals surface area (Å²) in [7, 11) is 3.92. The standard InChI is InChI=1S/C11H20S2/c1-4-6-9-12-13-10-7-8-11(3)5-2/h4,8H,1,5-7,9-10H2,2-3H3/b11-8-. The summed E-state index contributed by atoms with van der Waals surface area (Å²) in [5, 5.41) is 0. The minimum atomic E-state index is 1.13. The van der Waals surface area contributed by atoms with Crippen LogP contribution in [-0.2, 0) is 0 Å².